The summed E-state index contributed by atoms with van der Waals surface area (Å²) in [6, 6.07) is 7.71. The van der Waals surface area contributed by atoms with Crippen LogP contribution in [0.2, 0.25) is 0 Å². The van der Waals surface area contributed by atoms with Crippen LogP contribution >= 0.6 is 0 Å². The molecule has 0 unspecified atom stereocenters. The molecule has 0 saturated carbocycles. The minimum atomic E-state index is -0.398. The van der Waals surface area contributed by atoms with Crippen LogP contribution in [-0.4, -0.2) is 43.4 Å². The first-order chi connectivity index (χ1) is 9.69. The lowest BCUT2D eigenvalue weighted by Crippen LogP contribution is -2.40. The predicted molar refractivity (Wildman–Crippen MR) is 76.7 cm³/mol. The smallest absolute Gasteiger partial charge is 0.237 e. The molecule has 5 heteroatoms. The minimum Gasteiger partial charge on any atom is -0.497 e. The number of β-amino-alcohol motifs (C(OH)–C–C–N with tert-alkyl or cyclic N) is 1. The zero-order valence-electron chi connectivity index (χ0n) is 11.8. The second-order valence-electron chi connectivity index (χ2n) is 5.09. The van der Waals surface area contributed by atoms with Gasteiger partial charge in [-0.15, -0.1) is 0 Å². The van der Waals surface area contributed by atoms with E-state index in [9.17, 15) is 9.90 Å². The molecule has 0 radical (unpaired) electrons. The maximum Gasteiger partial charge on any atom is 0.237 e. The third-order valence-corrected chi connectivity index (χ3v) is 3.52. The molecule has 1 saturated heterocycles. The van der Waals surface area contributed by atoms with Crippen LogP contribution in [0.15, 0.2) is 24.3 Å². The van der Waals surface area contributed by atoms with E-state index in [0.29, 0.717) is 19.5 Å². The summed E-state index contributed by atoms with van der Waals surface area (Å²) in [6.07, 6.45) is 1.92. The zero-order valence-corrected chi connectivity index (χ0v) is 11.8. The van der Waals surface area contributed by atoms with Gasteiger partial charge in [0.15, 0.2) is 0 Å². The molecule has 1 aliphatic heterocycles. The van der Waals surface area contributed by atoms with Crippen LogP contribution in [0.4, 0.5) is 0 Å². The zero-order chi connectivity index (χ0) is 14.4. The third kappa shape index (κ3) is 4.21. The standard InChI is InChI=1S/C15H22N2O3/c1-20-13-6-4-11(5-7-13)3-2-8-16-15(19)14-9-12(18)10-17-14/h4-7,12,14,17-18H,2-3,8-10H2,1H3,(H,16,19)/t12-,14+/m1/s1. The number of nitrogens with one attached hydrogen (secondary N) is 2. The largest absolute Gasteiger partial charge is 0.497 e. The first-order valence-electron chi connectivity index (χ1n) is 7.01. The number of amides is 1. The maximum absolute atomic E-state index is 11.8. The lowest BCUT2D eigenvalue weighted by Gasteiger charge is -2.11. The quantitative estimate of drug-likeness (QED) is 0.662. The SMILES string of the molecule is COc1ccc(CCCNC(=O)[C@@H]2C[C@@H](O)CN2)cc1. The fraction of sp³-hybridized carbons (Fsp3) is 0.533. The number of methoxy groups -OCH3 is 1. The molecule has 1 aliphatic rings. The first kappa shape index (κ1) is 14.8. The van der Waals surface area contributed by atoms with E-state index in [2.05, 4.69) is 10.6 Å². The molecule has 1 fully saturated rings. The number of ether oxygens (including phenoxy) is 1. The molecule has 1 aromatic carbocycles. The number of rotatable bonds is 6. The van der Waals surface area contributed by atoms with Crippen molar-refractivity contribution >= 4 is 5.91 Å². The van der Waals surface area contributed by atoms with E-state index in [1.807, 2.05) is 24.3 Å². The summed E-state index contributed by atoms with van der Waals surface area (Å²) in [6.45, 7) is 1.16. The van der Waals surface area contributed by atoms with E-state index in [0.717, 1.165) is 18.6 Å². The Bertz CT molecular complexity index is 433. The number of benzene rings is 1. The van der Waals surface area contributed by atoms with Gasteiger partial charge in [-0.3, -0.25) is 4.79 Å². The van der Waals surface area contributed by atoms with Crippen molar-refractivity contribution < 1.29 is 14.6 Å². The molecule has 5 nitrogen and oxygen atoms in total. The van der Waals surface area contributed by atoms with Crippen molar-refractivity contribution in [2.24, 2.45) is 0 Å². The number of carbonyl (C=O) groups is 1. The van der Waals surface area contributed by atoms with E-state index < -0.39 is 6.10 Å². The molecule has 1 amide bonds. The Morgan fingerprint density at radius 2 is 2.20 bits per heavy atom. The third-order valence-electron chi connectivity index (χ3n) is 3.52. The predicted octanol–water partition coefficient (Wildman–Crippen LogP) is 0.467. The van der Waals surface area contributed by atoms with Gasteiger partial charge in [0.05, 0.1) is 19.3 Å². The molecule has 0 bridgehead atoms. The van der Waals surface area contributed by atoms with E-state index >= 15 is 0 Å². The van der Waals surface area contributed by atoms with Crippen LogP contribution < -0.4 is 15.4 Å². The Morgan fingerprint density at radius 3 is 2.80 bits per heavy atom. The van der Waals surface area contributed by atoms with Gasteiger partial charge in [0, 0.05) is 13.1 Å². The van der Waals surface area contributed by atoms with Gasteiger partial charge in [0.25, 0.3) is 0 Å². The van der Waals surface area contributed by atoms with Crippen LogP contribution in [0.1, 0.15) is 18.4 Å². The molecule has 0 aromatic heterocycles. The van der Waals surface area contributed by atoms with Crippen molar-refractivity contribution in [2.75, 3.05) is 20.2 Å². The molecule has 2 rings (SSSR count). The highest BCUT2D eigenvalue weighted by Gasteiger charge is 2.27. The van der Waals surface area contributed by atoms with Crippen LogP contribution in [0.3, 0.4) is 0 Å². The van der Waals surface area contributed by atoms with Crippen LogP contribution in [0.25, 0.3) is 0 Å². The number of aryl methyl sites for hydroxylation is 1. The Labute approximate surface area is 119 Å². The van der Waals surface area contributed by atoms with E-state index in [1.165, 1.54) is 5.56 Å². The van der Waals surface area contributed by atoms with Gasteiger partial charge in [0.1, 0.15) is 5.75 Å². The van der Waals surface area contributed by atoms with E-state index in [1.54, 1.807) is 7.11 Å². The molecule has 1 aromatic rings. The molecular formula is C15H22N2O3. The molecule has 3 N–H and O–H groups in total. The summed E-state index contributed by atoms with van der Waals surface area (Å²) < 4.78 is 5.11. The molecule has 0 spiro atoms. The second kappa shape index (κ2) is 7.26. The normalized spacial score (nSPS) is 21.7. The van der Waals surface area contributed by atoms with Crippen molar-refractivity contribution in [3.8, 4) is 5.75 Å². The average molecular weight is 278 g/mol. The Hall–Kier alpha value is -1.59. The maximum atomic E-state index is 11.8. The molecule has 0 aliphatic carbocycles. The summed E-state index contributed by atoms with van der Waals surface area (Å²) in [5.41, 5.74) is 1.23. The average Bonchev–Trinajstić information content (AvgIpc) is 2.91. The van der Waals surface area contributed by atoms with Crippen LogP contribution in [0, 0.1) is 0 Å². The summed E-state index contributed by atoms with van der Waals surface area (Å²) in [5.74, 6) is 0.837. The van der Waals surface area contributed by atoms with Gasteiger partial charge in [0.2, 0.25) is 5.91 Å². The topological polar surface area (TPSA) is 70.6 Å². The molecule has 20 heavy (non-hydrogen) atoms. The molecule has 1 heterocycles. The highest BCUT2D eigenvalue weighted by Crippen LogP contribution is 2.12. The number of hydrogen-bond donors (Lipinski definition) is 3. The van der Waals surface area contributed by atoms with Crippen LogP contribution in [0.5, 0.6) is 5.75 Å². The lowest BCUT2D eigenvalue weighted by molar-refractivity contribution is -0.122. The number of aliphatic hydroxyl groups is 1. The summed E-state index contributed by atoms with van der Waals surface area (Å²) in [7, 11) is 1.65. The minimum absolute atomic E-state index is 0.0173. The Balaban J connectivity index is 1.64. The van der Waals surface area contributed by atoms with Gasteiger partial charge >= 0.3 is 0 Å². The van der Waals surface area contributed by atoms with E-state index in [-0.39, 0.29) is 11.9 Å². The van der Waals surface area contributed by atoms with Crippen LogP contribution in [-0.2, 0) is 11.2 Å². The highest BCUT2D eigenvalue weighted by atomic mass is 16.5. The molecule has 110 valence electrons. The Kier molecular flexibility index (Phi) is 5.38. The summed E-state index contributed by atoms with van der Waals surface area (Å²) in [4.78, 5) is 11.8. The number of aliphatic hydroxyl groups excluding tert-OH is 1. The fourth-order valence-corrected chi connectivity index (χ4v) is 2.34. The summed E-state index contributed by atoms with van der Waals surface area (Å²) in [5, 5.41) is 15.3. The Morgan fingerprint density at radius 1 is 1.45 bits per heavy atom. The van der Waals surface area contributed by atoms with E-state index in [4.69, 9.17) is 4.74 Å². The van der Waals surface area contributed by atoms with Gasteiger partial charge in [-0.25, -0.2) is 0 Å². The van der Waals surface area contributed by atoms with Gasteiger partial charge in [-0.05, 0) is 37.0 Å². The fourth-order valence-electron chi connectivity index (χ4n) is 2.34. The lowest BCUT2D eigenvalue weighted by atomic mass is 10.1. The summed E-state index contributed by atoms with van der Waals surface area (Å²) >= 11 is 0. The van der Waals surface area contributed by atoms with Crippen molar-refractivity contribution in [3.63, 3.8) is 0 Å². The number of carbonyl (C=O) groups excluding carboxylic acids is 1. The van der Waals surface area contributed by atoms with Crippen molar-refractivity contribution in [1.29, 1.82) is 0 Å². The molecular weight excluding hydrogens is 256 g/mol. The van der Waals surface area contributed by atoms with Gasteiger partial charge in [-0.1, -0.05) is 12.1 Å². The monoisotopic (exact) mass is 278 g/mol. The highest BCUT2D eigenvalue weighted by molar-refractivity contribution is 5.82. The van der Waals surface area contributed by atoms with Gasteiger partial charge in [-0.2, -0.15) is 0 Å². The van der Waals surface area contributed by atoms with Crippen molar-refractivity contribution in [2.45, 2.75) is 31.4 Å². The van der Waals surface area contributed by atoms with Crippen molar-refractivity contribution in [3.05, 3.63) is 29.8 Å². The van der Waals surface area contributed by atoms with Crippen molar-refractivity contribution in [1.82, 2.24) is 10.6 Å². The second-order valence-corrected chi connectivity index (χ2v) is 5.09. The molecule has 2 atom stereocenters. The van der Waals surface area contributed by atoms with Gasteiger partial charge < -0.3 is 20.5 Å². The first-order valence-corrected chi connectivity index (χ1v) is 7.01. The number of hydrogen-bond acceptors (Lipinski definition) is 4.